The topological polar surface area (TPSA) is 0 Å². The minimum absolute atomic E-state index is 0.0827. The van der Waals surface area contributed by atoms with Gasteiger partial charge in [0.25, 0.3) is 0 Å². The third kappa shape index (κ3) is 6.99. The molecule has 0 unspecified atom stereocenters. The fourth-order valence-corrected chi connectivity index (χ4v) is 3.69. The zero-order valence-electron chi connectivity index (χ0n) is 21.7. The first-order chi connectivity index (χ1) is 19.6. The highest BCUT2D eigenvalue weighted by molar-refractivity contribution is 7.80. The third-order valence-corrected chi connectivity index (χ3v) is 6.69. The lowest BCUT2D eigenvalue weighted by atomic mass is 9.84. The van der Waals surface area contributed by atoms with Gasteiger partial charge in [0.2, 0.25) is 0 Å². The number of hydrogen-bond donors (Lipinski definition) is 1. The van der Waals surface area contributed by atoms with E-state index in [0.717, 1.165) is 0 Å². The average molecular weight is 742 g/mol. The fourth-order valence-electron chi connectivity index (χ4n) is 3.46. The van der Waals surface area contributed by atoms with Crippen molar-refractivity contribution in [2.24, 2.45) is 0 Å². The van der Waals surface area contributed by atoms with E-state index in [2.05, 4.69) is 12.6 Å². The highest BCUT2D eigenvalue weighted by Gasteiger charge is 2.98. The Morgan fingerprint density at radius 2 is 0.489 bits per heavy atom. The van der Waals surface area contributed by atoms with Crippen LogP contribution in [-0.2, 0) is 0 Å². The van der Waals surface area contributed by atoms with Gasteiger partial charge in [-0.2, -0.15) is 114 Å². The van der Waals surface area contributed by atoms with Crippen LogP contribution in [0.2, 0.25) is 0 Å². The maximum atomic E-state index is 13.9. The van der Waals surface area contributed by atoms with E-state index in [1.165, 1.54) is 0 Å². The molecular formula is C21H21F23S. The highest BCUT2D eigenvalue weighted by Crippen LogP contribution is 2.67. The molecule has 0 nitrogen and oxygen atoms in total. The van der Waals surface area contributed by atoms with E-state index >= 15 is 0 Å². The highest BCUT2D eigenvalue weighted by atomic mass is 32.1. The summed E-state index contributed by atoms with van der Waals surface area (Å²) in [6.07, 6.45) is -9.99. The Labute approximate surface area is 243 Å². The number of rotatable bonds is 19. The van der Waals surface area contributed by atoms with Gasteiger partial charge in [0.15, 0.2) is 0 Å². The lowest BCUT2D eigenvalue weighted by Gasteiger charge is -2.45. The minimum atomic E-state index is -9.36. The van der Waals surface area contributed by atoms with Crippen molar-refractivity contribution in [2.75, 3.05) is 5.75 Å². The van der Waals surface area contributed by atoms with E-state index in [-0.39, 0.29) is 12.8 Å². The molecule has 0 bridgehead atoms. The standard InChI is InChI=1S/C21H21F23S/c22-11(23,9-7-5-3-1-2-4-6-8-10-45)12(24,25)13(26,27)14(28,29)15(30,31)16(32,33)17(34,35)18(36,37)19(38,39)20(40,41)21(42,43)44/h45H,1-10H2. The van der Waals surface area contributed by atoms with Crippen LogP contribution in [0, 0.1) is 0 Å². The Hall–Kier alpha value is -1.26. The van der Waals surface area contributed by atoms with Crippen LogP contribution in [0.5, 0.6) is 0 Å². The molecule has 0 saturated carbocycles. The van der Waals surface area contributed by atoms with Crippen LogP contribution in [0.4, 0.5) is 101 Å². The Morgan fingerprint density at radius 1 is 0.267 bits per heavy atom. The number of thiol groups is 1. The van der Waals surface area contributed by atoms with Crippen LogP contribution >= 0.6 is 12.6 Å². The van der Waals surface area contributed by atoms with Crippen LogP contribution in [0.25, 0.3) is 0 Å². The van der Waals surface area contributed by atoms with Gasteiger partial charge < -0.3 is 0 Å². The average Bonchev–Trinajstić information content (AvgIpc) is 2.85. The molecule has 0 aromatic heterocycles. The maximum absolute atomic E-state index is 13.9. The van der Waals surface area contributed by atoms with Gasteiger partial charge in [0.05, 0.1) is 0 Å². The normalized spacial score (nSPS) is 16.0. The molecule has 0 aliphatic rings. The van der Waals surface area contributed by atoms with Crippen molar-refractivity contribution < 1.29 is 101 Å². The zero-order chi connectivity index (χ0) is 36.6. The van der Waals surface area contributed by atoms with E-state index < -0.39 is 84.7 Å². The molecule has 0 aromatic carbocycles. The van der Waals surface area contributed by atoms with Crippen molar-refractivity contribution >= 4 is 12.6 Å². The van der Waals surface area contributed by atoms with Crippen molar-refractivity contribution in [1.82, 2.24) is 0 Å². The smallest absolute Gasteiger partial charge is 0.200 e. The Morgan fingerprint density at radius 3 is 0.756 bits per heavy atom. The molecule has 0 heterocycles. The quantitative estimate of drug-likeness (QED) is 0.0761. The minimum Gasteiger partial charge on any atom is -0.200 e. The third-order valence-electron chi connectivity index (χ3n) is 6.37. The SMILES string of the molecule is FC(F)(F)C(F)(F)C(F)(F)C(F)(F)C(F)(F)C(F)(F)C(F)(F)C(F)(F)C(F)(F)C(F)(F)C(F)(F)CCCCCCCCCCS. The molecule has 0 aromatic rings. The van der Waals surface area contributed by atoms with Gasteiger partial charge in [-0.05, 0) is 18.6 Å². The van der Waals surface area contributed by atoms with Crippen LogP contribution < -0.4 is 0 Å². The fraction of sp³-hybridized carbons (Fsp3) is 1.00. The first kappa shape index (κ1) is 43.7. The van der Waals surface area contributed by atoms with Gasteiger partial charge in [-0.15, -0.1) is 0 Å². The van der Waals surface area contributed by atoms with Crippen molar-refractivity contribution in [3.8, 4) is 0 Å². The van der Waals surface area contributed by atoms with E-state index in [0.29, 0.717) is 31.4 Å². The number of halogens is 23. The van der Waals surface area contributed by atoms with Crippen LogP contribution in [0.15, 0.2) is 0 Å². The van der Waals surface area contributed by atoms with Gasteiger partial charge in [-0.25, -0.2) is 0 Å². The number of alkyl halides is 23. The monoisotopic (exact) mass is 742 g/mol. The van der Waals surface area contributed by atoms with Crippen molar-refractivity contribution in [3.05, 3.63) is 0 Å². The van der Waals surface area contributed by atoms with Gasteiger partial charge in [-0.3, -0.25) is 0 Å². The molecule has 0 fully saturated rings. The zero-order valence-corrected chi connectivity index (χ0v) is 22.6. The largest absolute Gasteiger partial charge is 0.460 e. The van der Waals surface area contributed by atoms with Crippen LogP contribution in [-0.4, -0.2) is 71.2 Å². The molecule has 0 saturated heterocycles. The van der Waals surface area contributed by atoms with Crippen molar-refractivity contribution in [2.45, 2.75) is 123 Å². The first-order valence-corrected chi connectivity index (χ1v) is 12.6. The summed E-state index contributed by atoms with van der Waals surface area (Å²) in [6, 6.07) is 0. The molecule has 0 aliphatic heterocycles. The summed E-state index contributed by atoms with van der Waals surface area (Å²) in [6.45, 7) is 0. The molecule has 0 aliphatic carbocycles. The van der Waals surface area contributed by atoms with E-state index in [1.54, 1.807) is 0 Å². The molecular weight excluding hydrogens is 721 g/mol. The van der Waals surface area contributed by atoms with Crippen LogP contribution in [0.1, 0.15) is 57.8 Å². The van der Waals surface area contributed by atoms with Crippen molar-refractivity contribution in [1.29, 1.82) is 0 Å². The summed E-state index contributed by atoms with van der Waals surface area (Å²) < 4.78 is 308. The Balaban J connectivity index is 6.42. The second-order valence-corrected chi connectivity index (χ2v) is 10.1. The maximum Gasteiger partial charge on any atom is 0.460 e. The first-order valence-electron chi connectivity index (χ1n) is 12.0. The van der Waals surface area contributed by atoms with E-state index in [4.69, 9.17) is 0 Å². The molecule has 45 heavy (non-hydrogen) atoms. The molecule has 0 rings (SSSR count). The number of hydrogen-bond acceptors (Lipinski definition) is 1. The molecule has 0 N–H and O–H groups in total. The van der Waals surface area contributed by atoms with Gasteiger partial charge in [0, 0.05) is 6.42 Å². The summed E-state index contributed by atoms with van der Waals surface area (Å²) in [4.78, 5) is 0. The lowest BCUT2D eigenvalue weighted by molar-refractivity contribution is -0.478. The van der Waals surface area contributed by atoms with Gasteiger partial charge in [0.1, 0.15) is 0 Å². The van der Waals surface area contributed by atoms with Crippen LogP contribution in [0.3, 0.4) is 0 Å². The second-order valence-electron chi connectivity index (χ2n) is 9.67. The summed E-state index contributed by atoms with van der Waals surface area (Å²) in [5.41, 5.74) is 0. The molecule has 0 amide bonds. The predicted octanol–water partition coefficient (Wildman–Crippen LogP) is 11.3. The summed E-state index contributed by atoms with van der Waals surface area (Å²) in [5, 5.41) is 0. The molecule has 0 atom stereocenters. The summed E-state index contributed by atoms with van der Waals surface area (Å²) >= 11 is 3.90. The van der Waals surface area contributed by atoms with Gasteiger partial charge >= 0.3 is 65.4 Å². The molecule has 0 radical (unpaired) electrons. The van der Waals surface area contributed by atoms with Gasteiger partial charge in [-0.1, -0.05) is 38.5 Å². The summed E-state index contributed by atoms with van der Waals surface area (Å²) in [5.74, 6) is -86.4. The second kappa shape index (κ2) is 13.3. The predicted molar refractivity (Wildman–Crippen MR) is 111 cm³/mol. The Kier molecular flexibility index (Phi) is 13.0. The van der Waals surface area contributed by atoms with E-state index in [9.17, 15) is 101 Å². The number of unbranched alkanes of at least 4 members (excludes halogenated alkanes) is 7. The molecule has 272 valence electrons. The lowest BCUT2D eigenvalue weighted by Crippen LogP contribution is -2.77. The van der Waals surface area contributed by atoms with Crippen molar-refractivity contribution in [3.63, 3.8) is 0 Å². The molecule has 24 heteroatoms. The van der Waals surface area contributed by atoms with E-state index in [1.807, 2.05) is 0 Å². The Bertz CT molecular complexity index is 951. The summed E-state index contributed by atoms with van der Waals surface area (Å²) in [7, 11) is 0. The molecule has 0 spiro atoms.